The van der Waals surface area contributed by atoms with Crippen molar-refractivity contribution >= 4 is 76.2 Å². The maximum absolute atomic E-state index is 6.72. The lowest BCUT2D eigenvalue weighted by atomic mass is 9.78. The molecule has 0 saturated heterocycles. The summed E-state index contributed by atoms with van der Waals surface area (Å²) in [6.45, 7) is 40.8. The first-order valence-corrected chi connectivity index (χ1v) is 25.6. The Bertz CT molecular complexity index is 3600. The van der Waals surface area contributed by atoms with Crippen molar-refractivity contribution < 1.29 is 9.47 Å². The van der Waals surface area contributed by atoms with E-state index in [0.29, 0.717) is 0 Å². The van der Waals surface area contributed by atoms with Crippen molar-refractivity contribution in [2.45, 2.75) is 157 Å². The third-order valence-corrected chi connectivity index (χ3v) is 14.7. The quantitative estimate of drug-likeness (QED) is 0.176. The van der Waals surface area contributed by atoms with Crippen LogP contribution in [0.3, 0.4) is 0 Å². The molecule has 0 bridgehead atoms. The monoisotopic (exact) mass is 925 g/mol. The molecule has 358 valence electrons. The molecule has 0 amide bonds. The van der Waals surface area contributed by atoms with E-state index in [1.165, 1.54) is 110 Å². The summed E-state index contributed by atoms with van der Waals surface area (Å²) in [7, 11) is 0. The maximum Gasteiger partial charge on any atom is 0.122 e. The highest BCUT2D eigenvalue weighted by atomic mass is 16.5. The van der Waals surface area contributed by atoms with Crippen LogP contribution in [0.25, 0.3) is 98.4 Å². The van der Waals surface area contributed by atoms with Crippen molar-refractivity contribution in [1.29, 1.82) is 0 Å². The molecule has 11 aromatic rings. The van der Waals surface area contributed by atoms with Gasteiger partial charge in [-0.05, 0) is 121 Å². The van der Waals surface area contributed by atoms with E-state index < -0.39 is 0 Å². The van der Waals surface area contributed by atoms with Crippen molar-refractivity contribution in [3.05, 3.63) is 131 Å². The zero-order chi connectivity index (χ0) is 50.2. The summed E-state index contributed by atoms with van der Waals surface area (Å²) < 4.78 is 18.7. The first kappa shape index (κ1) is 46.1. The van der Waals surface area contributed by atoms with Gasteiger partial charge in [0.05, 0.1) is 33.1 Å². The lowest BCUT2D eigenvalue weighted by molar-refractivity contribution is 0.130. The first-order chi connectivity index (χ1) is 32.5. The summed E-state index contributed by atoms with van der Waals surface area (Å²) in [6, 6.07) is 42.4. The van der Waals surface area contributed by atoms with Crippen LogP contribution in [0.5, 0.6) is 11.5 Å². The van der Waals surface area contributed by atoms with Gasteiger partial charge in [0, 0.05) is 66.3 Å². The van der Waals surface area contributed by atoms with Crippen LogP contribution in [0.4, 0.5) is 0 Å². The van der Waals surface area contributed by atoms with Crippen LogP contribution in [0.2, 0.25) is 0 Å². The molecule has 0 atom stereocenters. The van der Waals surface area contributed by atoms with Gasteiger partial charge in [0.15, 0.2) is 0 Å². The maximum atomic E-state index is 6.72. The predicted octanol–water partition coefficient (Wildman–Crippen LogP) is 18.9. The lowest BCUT2D eigenvalue weighted by Crippen LogP contribution is -2.22. The van der Waals surface area contributed by atoms with Crippen LogP contribution < -0.4 is 9.47 Å². The molecule has 4 nitrogen and oxygen atoms in total. The Morgan fingerprint density at radius 1 is 0.314 bits per heavy atom. The van der Waals surface area contributed by atoms with Crippen molar-refractivity contribution in [1.82, 2.24) is 8.80 Å². The van der Waals surface area contributed by atoms with Gasteiger partial charge < -0.3 is 18.3 Å². The summed E-state index contributed by atoms with van der Waals surface area (Å²) >= 11 is 0. The van der Waals surface area contributed by atoms with E-state index in [1.807, 2.05) is 0 Å². The number of nitrogens with zero attached hydrogens (tertiary/aromatic N) is 2. The molecule has 11 rings (SSSR count). The smallest absolute Gasteiger partial charge is 0.122 e. The first-order valence-electron chi connectivity index (χ1n) is 25.6. The molecule has 0 unspecified atom stereocenters. The molecular formula is C66H72N2O2. The SMILES string of the molecule is CC(C)(C)Oc1ccc2c3c4c5cccc(-c6cc(C(C)(C)C)cc(C(C)(C)C)c6)c5n5c6cc(OC(C)(C)C)ccc6c(c6c7cccc(-c8cc(C(C)(C)C)cc(C(C)(C)C)c8)c7n(c2c1)c36)c45. The zero-order valence-corrected chi connectivity index (χ0v) is 45.1. The van der Waals surface area contributed by atoms with E-state index in [2.05, 4.69) is 243 Å². The van der Waals surface area contributed by atoms with Gasteiger partial charge in [-0.25, -0.2) is 0 Å². The third kappa shape index (κ3) is 7.21. The average molecular weight is 925 g/mol. The molecule has 0 fully saturated rings. The lowest BCUT2D eigenvalue weighted by Gasteiger charge is -2.26. The molecule has 4 heteroatoms. The van der Waals surface area contributed by atoms with E-state index in [0.717, 1.165) is 22.5 Å². The molecule has 4 heterocycles. The van der Waals surface area contributed by atoms with Crippen LogP contribution >= 0.6 is 0 Å². The van der Waals surface area contributed by atoms with Crippen LogP contribution in [-0.2, 0) is 21.7 Å². The van der Waals surface area contributed by atoms with Gasteiger partial charge in [0.2, 0.25) is 0 Å². The molecule has 0 radical (unpaired) electrons. The van der Waals surface area contributed by atoms with Gasteiger partial charge in [0.25, 0.3) is 0 Å². The number of fused-ring (bicyclic) bond motifs is 14. The zero-order valence-electron chi connectivity index (χ0n) is 45.1. The van der Waals surface area contributed by atoms with Gasteiger partial charge in [-0.1, -0.05) is 156 Å². The molecule has 0 aliphatic heterocycles. The van der Waals surface area contributed by atoms with Crippen LogP contribution in [-0.4, -0.2) is 20.0 Å². The second-order valence-electron chi connectivity index (χ2n) is 26.7. The summed E-state index contributed by atoms with van der Waals surface area (Å²) in [5, 5.41) is 10.1. The normalized spacial score (nSPS) is 13.9. The number of ether oxygens (including phenoxy) is 2. The van der Waals surface area contributed by atoms with Gasteiger partial charge in [-0.2, -0.15) is 0 Å². The Morgan fingerprint density at radius 3 is 0.929 bits per heavy atom. The Hall–Kier alpha value is -6.26. The van der Waals surface area contributed by atoms with Crippen molar-refractivity contribution in [2.24, 2.45) is 0 Å². The summed E-state index contributed by atoms with van der Waals surface area (Å²) in [6.07, 6.45) is 0. The van der Waals surface area contributed by atoms with E-state index in [1.54, 1.807) is 0 Å². The van der Waals surface area contributed by atoms with Crippen molar-refractivity contribution in [3.8, 4) is 33.8 Å². The van der Waals surface area contributed by atoms with E-state index in [9.17, 15) is 0 Å². The van der Waals surface area contributed by atoms with Crippen molar-refractivity contribution in [3.63, 3.8) is 0 Å². The second-order valence-corrected chi connectivity index (χ2v) is 26.7. The molecule has 7 aromatic carbocycles. The van der Waals surface area contributed by atoms with Crippen LogP contribution in [0.1, 0.15) is 147 Å². The molecule has 0 N–H and O–H groups in total. The minimum Gasteiger partial charge on any atom is -0.488 e. The Labute approximate surface area is 415 Å². The molecule has 0 spiro atoms. The van der Waals surface area contributed by atoms with E-state index >= 15 is 0 Å². The average Bonchev–Trinajstić information content (AvgIpc) is 3.96. The van der Waals surface area contributed by atoms with Gasteiger partial charge >= 0.3 is 0 Å². The van der Waals surface area contributed by atoms with Crippen LogP contribution in [0.15, 0.2) is 109 Å². The highest BCUT2D eigenvalue weighted by Gasteiger charge is 2.32. The molecule has 4 aromatic heterocycles. The molecule has 70 heavy (non-hydrogen) atoms. The largest absolute Gasteiger partial charge is 0.488 e. The number of hydrogen-bond acceptors (Lipinski definition) is 2. The fraction of sp³-hybridized carbons (Fsp3) is 0.364. The van der Waals surface area contributed by atoms with Gasteiger partial charge in [-0.15, -0.1) is 0 Å². The fourth-order valence-electron chi connectivity index (χ4n) is 11.3. The standard InChI is InChI=1S/C66H72N2O2/c1-61(2,3)39-29-37(30-40(33-39)62(4,5)6)45-21-19-23-49-55-53-48-28-26-44(70-66(16,17)18)36-52(48)68-58-46(38-31-41(63(7,8)9)34-42(32-38)64(10,11)12)22-20-24-50(58)56(60(53)68)54-47-27-25-43(69-65(13,14)15)35-51(47)67(57(45)49)59(54)55/h19-36H,1-18H3. The molecule has 0 aliphatic carbocycles. The second kappa shape index (κ2) is 14.7. The highest BCUT2D eigenvalue weighted by Crippen LogP contribution is 2.55. The fourth-order valence-corrected chi connectivity index (χ4v) is 11.3. The minimum absolute atomic E-state index is 0.0341. The Balaban J connectivity index is 1.39. The van der Waals surface area contributed by atoms with E-state index in [-0.39, 0.29) is 32.9 Å². The van der Waals surface area contributed by atoms with Gasteiger partial charge in [0.1, 0.15) is 22.7 Å². The number of benzene rings is 7. The summed E-state index contributed by atoms with van der Waals surface area (Å²) in [5.74, 6) is 1.74. The number of aromatic nitrogens is 2. The molecular weight excluding hydrogens is 853 g/mol. The predicted molar refractivity (Wildman–Crippen MR) is 302 cm³/mol. The number of hydrogen-bond donors (Lipinski definition) is 0. The summed E-state index contributed by atoms with van der Waals surface area (Å²) in [4.78, 5) is 0. The Kier molecular flexibility index (Phi) is 9.66. The molecule has 0 saturated carbocycles. The number of rotatable bonds is 4. The summed E-state index contributed by atoms with van der Waals surface area (Å²) in [5.41, 5.74) is 16.8. The topological polar surface area (TPSA) is 27.3 Å². The molecule has 0 aliphatic rings. The Morgan fingerprint density at radius 2 is 0.629 bits per heavy atom. The minimum atomic E-state index is -0.364. The highest BCUT2D eigenvalue weighted by molar-refractivity contribution is 6.46. The van der Waals surface area contributed by atoms with Gasteiger partial charge in [-0.3, -0.25) is 0 Å². The van der Waals surface area contributed by atoms with Crippen LogP contribution in [0, 0.1) is 0 Å². The number of para-hydroxylation sites is 2. The van der Waals surface area contributed by atoms with E-state index in [4.69, 9.17) is 9.47 Å². The third-order valence-electron chi connectivity index (χ3n) is 14.7. The van der Waals surface area contributed by atoms with Crippen molar-refractivity contribution in [2.75, 3.05) is 0 Å².